The number of ether oxygens (including phenoxy) is 2. The topological polar surface area (TPSA) is 93.1 Å². The van der Waals surface area contributed by atoms with E-state index in [0.29, 0.717) is 31.0 Å². The number of sulfonamides is 1. The number of aliphatic carboxylic acids is 1. The molecular weight excluding hydrogens is 498 g/mol. The molecule has 7 nitrogen and oxygen atoms in total. The number of carbonyl (C=O) groups is 1. The van der Waals surface area contributed by atoms with E-state index in [1.165, 1.54) is 4.31 Å². The van der Waals surface area contributed by atoms with E-state index in [1.54, 1.807) is 37.1 Å². The molecule has 0 spiro atoms. The van der Waals surface area contributed by atoms with E-state index in [2.05, 4.69) is 0 Å². The van der Waals surface area contributed by atoms with Crippen molar-refractivity contribution in [3.05, 3.63) is 72.3 Å². The zero-order valence-corrected chi connectivity index (χ0v) is 22.3. The van der Waals surface area contributed by atoms with Crippen LogP contribution in [0.1, 0.15) is 18.9 Å². The van der Waals surface area contributed by atoms with Crippen molar-refractivity contribution in [2.45, 2.75) is 30.1 Å². The van der Waals surface area contributed by atoms with E-state index in [9.17, 15) is 13.2 Å². The maximum absolute atomic E-state index is 13.4. The van der Waals surface area contributed by atoms with Crippen LogP contribution in [0, 0.1) is 6.92 Å². The third-order valence-electron chi connectivity index (χ3n) is 5.50. The van der Waals surface area contributed by atoms with Gasteiger partial charge in [-0.2, -0.15) is 4.31 Å². The minimum absolute atomic E-state index is 0.272. The number of aryl methyl sites for hydroxylation is 1. The lowest BCUT2D eigenvalue weighted by Gasteiger charge is -2.22. The standard InChI is InChI=1S/C27H31NO6S2/c1-4-15-28(16-17-35-24-11-14-26(20(2)18-24)34-19-27(29)30)36(31,32)25-12-7-22(8-13-25)21-5-9-23(33-3)10-6-21/h5-14,18H,4,15-17,19H2,1-3H3,(H,29,30). The molecule has 192 valence electrons. The number of benzene rings is 3. The molecule has 0 atom stereocenters. The van der Waals surface area contributed by atoms with Crippen molar-refractivity contribution in [1.29, 1.82) is 0 Å². The van der Waals surface area contributed by atoms with Crippen LogP contribution in [-0.4, -0.2) is 56.4 Å². The van der Waals surface area contributed by atoms with E-state index in [4.69, 9.17) is 14.6 Å². The predicted octanol–water partition coefficient (Wildman–Crippen LogP) is 5.33. The molecule has 9 heteroatoms. The molecular formula is C27H31NO6S2. The van der Waals surface area contributed by atoms with Crippen molar-refractivity contribution in [1.82, 2.24) is 4.31 Å². The first-order valence-electron chi connectivity index (χ1n) is 11.6. The molecule has 0 unspecified atom stereocenters. The van der Waals surface area contributed by atoms with Gasteiger partial charge < -0.3 is 14.6 Å². The smallest absolute Gasteiger partial charge is 0.341 e. The Morgan fingerprint density at radius 2 is 1.61 bits per heavy atom. The van der Waals surface area contributed by atoms with Gasteiger partial charge in [-0.1, -0.05) is 31.2 Å². The highest BCUT2D eigenvalue weighted by Gasteiger charge is 2.23. The minimum Gasteiger partial charge on any atom is -0.497 e. The Morgan fingerprint density at radius 1 is 0.972 bits per heavy atom. The molecule has 0 saturated carbocycles. The highest BCUT2D eigenvalue weighted by atomic mass is 32.2. The van der Waals surface area contributed by atoms with E-state index >= 15 is 0 Å². The van der Waals surface area contributed by atoms with Crippen LogP contribution in [-0.2, 0) is 14.8 Å². The van der Waals surface area contributed by atoms with Crippen molar-refractivity contribution in [2.75, 3.05) is 32.6 Å². The number of carboxylic acid groups (broad SMARTS) is 1. The molecule has 0 saturated heterocycles. The summed E-state index contributed by atoms with van der Waals surface area (Å²) < 4.78 is 38.7. The van der Waals surface area contributed by atoms with Gasteiger partial charge in [0.05, 0.1) is 12.0 Å². The number of hydrogen-bond acceptors (Lipinski definition) is 6. The van der Waals surface area contributed by atoms with Crippen molar-refractivity contribution in [2.24, 2.45) is 0 Å². The summed E-state index contributed by atoms with van der Waals surface area (Å²) in [6.07, 6.45) is 0.711. The number of methoxy groups -OCH3 is 1. The van der Waals surface area contributed by atoms with Gasteiger partial charge in [0.15, 0.2) is 6.61 Å². The Bertz CT molecular complexity index is 1260. The van der Waals surface area contributed by atoms with Gasteiger partial charge in [0.25, 0.3) is 0 Å². The lowest BCUT2D eigenvalue weighted by Crippen LogP contribution is -2.33. The summed E-state index contributed by atoms with van der Waals surface area (Å²) in [5.41, 5.74) is 2.74. The molecule has 0 aliphatic carbocycles. The van der Waals surface area contributed by atoms with Crippen LogP contribution in [0.2, 0.25) is 0 Å². The van der Waals surface area contributed by atoms with Crippen LogP contribution < -0.4 is 9.47 Å². The van der Waals surface area contributed by atoms with Crippen molar-refractivity contribution >= 4 is 27.8 Å². The fourth-order valence-electron chi connectivity index (χ4n) is 3.63. The number of hydrogen-bond donors (Lipinski definition) is 1. The summed E-state index contributed by atoms with van der Waals surface area (Å²) in [6, 6.07) is 20.1. The van der Waals surface area contributed by atoms with Gasteiger partial charge in [-0.25, -0.2) is 13.2 Å². The minimum atomic E-state index is -3.63. The van der Waals surface area contributed by atoms with Crippen LogP contribution in [0.25, 0.3) is 11.1 Å². The summed E-state index contributed by atoms with van der Waals surface area (Å²) in [7, 11) is -2.02. The first kappa shape index (κ1) is 27.6. The molecule has 3 aromatic rings. The predicted molar refractivity (Wildman–Crippen MR) is 143 cm³/mol. The summed E-state index contributed by atoms with van der Waals surface area (Å²) in [5.74, 6) is 0.844. The van der Waals surface area contributed by atoms with Gasteiger partial charge in [0.2, 0.25) is 10.0 Å². The molecule has 0 bridgehead atoms. The number of thioether (sulfide) groups is 1. The molecule has 0 aliphatic rings. The fourth-order valence-corrected chi connectivity index (χ4v) is 6.25. The molecule has 0 amide bonds. The number of nitrogens with zero attached hydrogens (tertiary/aromatic N) is 1. The van der Waals surface area contributed by atoms with Crippen molar-refractivity contribution in [3.8, 4) is 22.6 Å². The van der Waals surface area contributed by atoms with Crippen LogP contribution in [0.15, 0.2) is 76.5 Å². The summed E-state index contributed by atoms with van der Waals surface area (Å²) in [6.45, 7) is 4.23. The van der Waals surface area contributed by atoms with Gasteiger partial charge in [-0.05, 0) is 72.5 Å². The lowest BCUT2D eigenvalue weighted by molar-refractivity contribution is -0.139. The Labute approximate surface area is 217 Å². The Hall–Kier alpha value is -3.01. The monoisotopic (exact) mass is 529 g/mol. The van der Waals surface area contributed by atoms with Crippen LogP contribution in [0.4, 0.5) is 0 Å². The maximum Gasteiger partial charge on any atom is 0.341 e. The summed E-state index contributed by atoms with van der Waals surface area (Å²) in [4.78, 5) is 11.9. The molecule has 0 aliphatic heterocycles. The SMILES string of the molecule is CCCN(CCSc1ccc(OCC(=O)O)c(C)c1)S(=O)(=O)c1ccc(-c2ccc(OC)cc2)cc1. The number of rotatable bonds is 13. The van der Waals surface area contributed by atoms with E-state index < -0.39 is 22.6 Å². The van der Waals surface area contributed by atoms with Gasteiger partial charge in [-0.3, -0.25) is 0 Å². The van der Waals surface area contributed by atoms with E-state index in [1.807, 2.05) is 62.4 Å². The van der Waals surface area contributed by atoms with Crippen molar-refractivity contribution in [3.63, 3.8) is 0 Å². The highest BCUT2D eigenvalue weighted by molar-refractivity contribution is 7.99. The summed E-state index contributed by atoms with van der Waals surface area (Å²) >= 11 is 1.55. The van der Waals surface area contributed by atoms with Gasteiger partial charge >= 0.3 is 5.97 Å². The van der Waals surface area contributed by atoms with Gasteiger partial charge in [0, 0.05) is 23.7 Å². The fraction of sp³-hybridized carbons (Fsp3) is 0.296. The van der Waals surface area contributed by atoms with Crippen LogP contribution in [0.3, 0.4) is 0 Å². The zero-order chi connectivity index (χ0) is 26.1. The molecule has 0 radical (unpaired) electrons. The molecule has 0 heterocycles. The summed E-state index contributed by atoms with van der Waals surface area (Å²) in [5, 5.41) is 8.78. The third-order valence-corrected chi connectivity index (χ3v) is 8.38. The van der Waals surface area contributed by atoms with Crippen LogP contribution >= 0.6 is 11.8 Å². The zero-order valence-electron chi connectivity index (χ0n) is 20.6. The Balaban J connectivity index is 1.65. The molecule has 3 aromatic carbocycles. The molecule has 1 N–H and O–H groups in total. The Kier molecular flexibility index (Phi) is 9.81. The molecule has 36 heavy (non-hydrogen) atoms. The quantitative estimate of drug-likeness (QED) is 0.299. The van der Waals surface area contributed by atoms with Gasteiger partial charge in [0.1, 0.15) is 11.5 Å². The Morgan fingerprint density at radius 3 is 2.17 bits per heavy atom. The highest BCUT2D eigenvalue weighted by Crippen LogP contribution is 2.28. The van der Waals surface area contributed by atoms with Crippen molar-refractivity contribution < 1.29 is 27.8 Å². The first-order chi connectivity index (χ1) is 17.2. The number of carboxylic acids is 1. The average Bonchev–Trinajstić information content (AvgIpc) is 2.87. The van der Waals surface area contributed by atoms with Crippen LogP contribution in [0.5, 0.6) is 11.5 Å². The maximum atomic E-state index is 13.4. The second kappa shape index (κ2) is 12.8. The average molecular weight is 530 g/mol. The first-order valence-corrected chi connectivity index (χ1v) is 14.0. The molecule has 0 fully saturated rings. The van der Waals surface area contributed by atoms with Gasteiger partial charge in [-0.15, -0.1) is 11.8 Å². The van der Waals surface area contributed by atoms with E-state index in [-0.39, 0.29) is 4.90 Å². The molecule has 3 rings (SSSR count). The second-order valence-electron chi connectivity index (χ2n) is 8.12. The lowest BCUT2D eigenvalue weighted by atomic mass is 10.1. The largest absolute Gasteiger partial charge is 0.497 e. The third kappa shape index (κ3) is 7.25. The normalized spacial score (nSPS) is 11.4. The second-order valence-corrected chi connectivity index (χ2v) is 11.2. The van der Waals surface area contributed by atoms with E-state index in [0.717, 1.165) is 27.3 Å². The molecule has 0 aromatic heterocycles.